The van der Waals surface area contributed by atoms with E-state index >= 15 is 0 Å². The number of rotatable bonds is 2. The Kier molecular flexibility index (Phi) is 2.91. The molecular formula is C9H13N5O2S. The van der Waals surface area contributed by atoms with Gasteiger partial charge in [0.15, 0.2) is 5.82 Å². The summed E-state index contributed by atoms with van der Waals surface area (Å²) in [5.41, 5.74) is 0. The molecule has 1 N–H and O–H groups in total. The van der Waals surface area contributed by atoms with Crippen molar-refractivity contribution in [1.29, 1.82) is 0 Å². The molecule has 0 spiro atoms. The molecule has 2 saturated heterocycles. The lowest BCUT2D eigenvalue weighted by Crippen LogP contribution is -2.51. The zero-order valence-corrected chi connectivity index (χ0v) is 10.0. The first-order valence-electron chi connectivity index (χ1n) is 5.52. The first kappa shape index (κ1) is 10.9. The van der Waals surface area contributed by atoms with Gasteiger partial charge in [-0.15, -0.1) is 5.10 Å². The van der Waals surface area contributed by atoms with Gasteiger partial charge < -0.3 is 10.1 Å². The smallest absolute Gasteiger partial charge is 0.324 e. The molecule has 0 radical (unpaired) electrons. The van der Waals surface area contributed by atoms with E-state index in [0.29, 0.717) is 25.6 Å². The molecule has 0 bridgehead atoms. The minimum atomic E-state index is -0.103. The Balaban J connectivity index is 1.81. The molecule has 8 heteroatoms. The van der Waals surface area contributed by atoms with Crippen LogP contribution in [-0.4, -0.2) is 59.5 Å². The topological polar surface area (TPSA) is 70.6 Å². The standard InChI is InChI=1S/C9H13N5O2S/c15-9-10-5-8(13-1-3-16-4-2-13)14(9)7-6-17-12-11-7/h6,8H,1-5H2,(H,10,15). The number of carbonyl (C=O) groups is 1. The number of carbonyl (C=O) groups excluding carboxylic acids is 1. The Bertz CT molecular complexity index is 392. The van der Waals surface area contributed by atoms with Gasteiger partial charge in [0.05, 0.1) is 25.1 Å². The molecule has 2 fully saturated rings. The monoisotopic (exact) mass is 255 g/mol. The number of morpholine rings is 1. The first-order valence-corrected chi connectivity index (χ1v) is 6.36. The zero-order chi connectivity index (χ0) is 11.7. The maximum atomic E-state index is 11.8. The SMILES string of the molecule is O=C1NCC(N2CCOCC2)N1c1csnn1. The van der Waals surface area contributed by atoms with E-state index < -0.39 is 0 Å². The van der Waals surface area contributed by atoms with Gasteiger partial charge in [-0.2, -0.15) is 0 Å². The zero-order valence-electron chi connectivity index (χ0n) is 9.20. The fraction of sp³-hybridized carbons (Fsp3) is 0.667. The van der Waals surface area contributed by atoms with Gasteiger partial charge in [-0.25, -0.2) is 4.79 Å². The van der Waals surface area contributed by atoms with Gasteiger partial charge in [0.1, 0.15) is 6.17 Å². The fourth-order valence-electron chi connectivity index (χ4n) is 2.18. The average Bonchev–Trinajstić information content (AvgIpc) is 2.99. The lowest BCUT2D eigenvalue weighted by Gasteiger charge is -2.35. The molecule has 7 nitrogen and oxygen atoms in total. The second-order valence-electron chi connectivity index (χ2n) is 3.95. The minimum Gasteiger partial charge on any atom is -0.379 e. The number of amides is 2. The summed E-state index contributed by atoms with van der Waals surface area (Å²) in [6.45, 7) is 3.74. The molecule has 0 aromatic carbocycles. The molecule has 1 atom stereocenters. The van der Waals surface area contributed by atoms with Gasteiger partial charge >= 0.3 is 6.03 Å². The molecule has 3 heterocycles. The van der Waals surface area contributed by atoms with Crippen LogP contribution in [0.25, 0.3) is 0 Å². The highest BCUT2D eigenvalue weighted by Crippen LogP contribution is 2.21. The molecule has 3 rings (SSSR count). The Labute approximate surface area is 103 Å². The van der Waals surface area contributed by atoms with Crippen LogP contribution in [0.4, 0.5) is 10.6 Å². The molecule has 2 aliphatic heterocycles. The van der Waals surface area contributed by atoms with Crippen LogP contribution in [0.3, 0.4) is 0 Å². The molecule has 0 saturated carbocycles. The number of ether oxygens (including phenoxy) is 1. The second kappa shape index (κ2) is 4.55. The number of hydrogen-bond donors (Lipinski definition) is 1. The van der Waals surface area contributed by atoms with Crippen molar-refractivity contribution in [2.75, 3.05) is 37.7 Å². The maximum absolute atomic E-state index is 11.8. The van der Waals surface area contributed by atoms with E-state index in [1.807, 2.05) is 0 Å². The molecule has 1 aromatic heterocycles. The van der Waals surface area contributed by atoms with E-state index in [0.717, 1.165) is 13.1 Å². The number of urea groups is 1. The summed E-state index contributed by atoms with van der Waals surface area (Å²) in [5, 5.41) is 8.61. The third kappa shape index (κ3) is 1.99. The molecule has 1 aromatic rings. The van der Waals surface area contributed by atoms with E-state index in [-0.39, 0.29) is 12.2 Å². The van der Waals surface area contributed by atoms with Crippen LogP contribution >= 0.6 is 11.5 Å². The van der Waals surface area contributed by atoms with Crippen molar-refractivity contribution in [2.24, 2.45) is 0 Å². The molecular weight excluding hydrogens is 242 g/mol. The predicted octanol–water partition coefficient (Wildman–Crippen LogP) is -0.274. The number of aromatic nitrogens is 2. The largest absolute Gasteiger partial charge is 0.379 e. The Morgan fingerprint density at radius 1 is 1.47 bits per heavy atom. The summed E-state index contributed by atoms with van der Waals surface area (Å²) >= 11 is 1.25. The van der Waals surface area contributed by atoms with E-state index in [2.05, 4.69) is 19.8 Å². The quantitative estimate of drug-likeness (QED) is 0.787. The van der Waals surface area contributed by atoms with Gasteiger partial charge in [0, 0.05) is 13.1 Å². The van der Waals surface area contributed by atoms with Crippen molar-refractivity contribution in [3.63, 3.8) is 0 Å². The molecule has 92 valence electrons. The van der Waals surface area contributed by atoms with Crippen LogP contribution in [-0.2, 0) is 4.74 Å². The molecule has 0 aliphatic carbocycles. The highest BCUT2D eigenvalue weighted by Gasteiger charge is 2.37. The van der Waals surface area contributed by atoms with Crippen molar-refractivity contribution < 1.29 is 9.53 Å². The molecule has 2 aliphatic rings. The highest BCUT2D eigenvalue weighted by atomic mass is 32.1. The number of anilines is 1. The minimum absolute atomic E-state index is 0.0234. The Morgan fingerprint density at radius 2 is 2.29 bits per heavy atom. The third-order valence-electron chi connectivity index (χ3n) is 3.02. The van der Waals surface area contributed by atoms with E-state index in [9.17, 15) is 4.79 Å². The van der Waals surface area contributed by atoms with Gasteiger partial charge in [-0.1, -0.05) is 4.49 Å². The summed E-state index contributed by atoms with van der Waals surface area (Å²) in [6.07, 6.45) is 0.0234. The van der Waals surface area contributed by atoms with Crippen LogP contribution in [0, 0.1) is 0 Å². The van der Waals surface area contributed by atoms with E-state index in [1.54, 1.807) is 10.3 Å². The van der Waals surface area contributed by atoms with Gasteiger partial charge in [-0.3, -0.25) is 9.80 Å². The van der Waals surface area contributed by atoms with Crippen molar-refractivity contribution in [2.45, 2.75) is 6.17 Å². The van der Waals surface area contributed by atoms with Gasteiger partial charge in [0.25, 0.3) is 0 Å². The highest BCUT2D eigenvalue weighted by molar-refractivity contribution is 7.03. The summed E-state index contributed by atoms with van der Waals surface area (Å²) in [7, 11) is 0. The van der Waals surface area contributed by atoms with Crippen LogP contribution in [0.5, 0.6) is 0 Å². The summed E-state index contributed by atoms with van der Waals surface area (Å²) in [4.78, 5) is 15.7. The molecule has 17 heavy (non-hydrogen) atoms. The third-order valence-corrected chi connectivity index (χ3v) is 3.51. The first-order chi connectivity index (χ1) is 8.36. The van der Waals surface area contributed by atoms with Crippen LogP contribution < -0.4 is 10.2 Å². The Morgan fingerprint density at radius 3 is 3.00 bits per heavy atom. The lowest BCUT2D eigenvalue weighted by atomic mass is 10.3. The molecule has 1 unspecified atom stereocenters. The number of hydrogen-bond acceptors (Lipinski definition) is 6. The van der Waals surface area contributed by atoms with E-state index in [1.165, 1.54) is 11.5 Å². The summed E-state index contributed by atoms with van der Waals surface area (Å²) in [6, 6.07) is -0.103. The summed E-state index contributed by atoms with van der Waals surface area (Å²) in [5.74, 6) is 0.626. The fourth-order valence-corrected chi connectivity index (χ4v) is 2.61. The van der Waals surface area contributed by atoms with Crippen LogP contribution in [0.2, 0.25) is 0 Å². The van der Waals surface area contributed by atoms with Crippen molar-refractivity contribution >= 4 is 23.4 Å². The average molecular weight is 255 g/mol. The normalized spacial score (nSPS) is 26.2. The Hall–Kier alpha value is -1.25. The second-order valence-corrected chi connectivity index (χ2v) is 4.56. The number of nitrogens with one attached hydrogen (secondary N) is 1. The predicted molar refractivity (Wildman–Crippen MR) is 62.0 cm³/mol. The molecule has 2 amide bonds. The van der Waals surface area contributed by atoms with Gasteiger partial charge in [0.2, 0.25) is 0 Å². The van der Waals surface area contributed by atoms with Crippen molar-refractivity contribution in [3.8, 4) is 0 Å². The van der Waals surface area contributed by atoms with Crippen molar-refractivity contribution in [1.82, 2.24) is 19.8 Å². The van der Waals surface area contributed by atoms with Gasteiger partial charge in [-0.05, 0) is 11.5 Å². The van der Waals surface area contributed by atoms with Crippen LogP contribution in [0.1, 0.15) is 0 Å². The maximum Gasteiger partial charge on any atom is 0.324 e. The summed E-state index contributed by atoms with van der Waals surface area (Å²) < 4.78 is 9.13. The van der Waals surface area contributed by atoms with Crippen molar-refractivity contribution in [3.05, 3.63) is 5.38 Å². The lowest BCUT2D eigenvalue weighted by molar-refractivity contribution is 0.0213. The van der Waals surface area contributed by atoms with E-state index in [4.69, 9.17) is 4.74 Å². The van der Waals surface area contributed by atoms with Crippen LogP contribution in [0.15, 0.2) is 5.38 Å². The number of nitrogens with zero attached hydrogens (tertiary/aromatic N) is 4.